The van der Waals surface area contributed by atoms with Gasteiger partial charge < -0.3 is 19.7 Å². The summed E-state index contributed by atoms with van der Waals surface area (Å²) in [5.74, 6) is 0.873. The number of aliphatic imine (C=N–C) groups is 1. The third kappa shape index (κ3) is 9.30. The van der Waals surface area contributed by atoms with Crippen LogP contribution in [0.4, 0.5) is 0 Å². The zero-order valence-corrected chi connectivity index (χ0v) is 16.7. The second-order valence-electron chi connectivity index (χ2n) is 5.11. The number of hydrogen-bond acceptors (Lipinski definition) is 4. The van der Waals surface area contributed by atoms with E-state index in [1.807, 2.05) is 7.05 Å². The fraction of sp³-hybridized carbons (Fsp3) is 0.688. The Morgan fingerprint density at radius 3 is 2.61 bits per heavy atom. The molecule has 1 N–H and O–H groups in total. The standard InChI is InChI=1S/C16H28BrN3O2S/c1-4-5-9-21-11-12-22-10-8-19-16(18-2)20(3)13-14-6-7-15(17)23-14/h6-7H,4-5,8-13H2,1-3H3,(H,18,19). The van der Waals surface area contributed by atoms with E-state index in [9.17, 15) is 0 Å². The van der Waals surface area contributed by atoms with E-state index >= 15 is 0 Å². The highest BCUT2D eigenvalue weighted by Gasteiger charge is 2.07. The average Bonchev–Trinajstić information content (AvgIpc) is 2.94. The monoisotopic (exact) mass is 405 g/mol. The van der Waals surface area contributed by atoms with Gasteiger partial charge in [-0.1, -0.05) is 13.3 Å². The number of nitrogens with zero attached hydrogens (tertiary/aromatic N) is 2. The summed E-state index contributed by atoms with van der Waals surface area (Å²) in [7, 11) is 3.83. The minimum Gasteiger partial charge on any atom is -0.379 e. The molecular weight excluding hydrogens is 378 g/mol. The number of hydrogen-bond donors (Lipinski definition) is 1. The Hall–Kier alpha value is -0.630. The Kier molecular flexibility index (Phi) is 11.3. The molecule has 0 aliphatic heterocycles. The van der Waals surface area contributed by atoms with Gasteiger partial charge in [-0.15, -0.1) is 11.3 Å². The van der Waals surface area contributed by atoms with Crippen molar-refractivity contribution in [2.24, 2.45) is 4.99 Å². The molecule has 1 rings (SSSR count). The van der Waals surface area contributed by atoms with Gasteiger partial charge in [0.15, 0.2) is 5.96 Å². The van der Waals surface area contributed by atoms with Gasteiger partial charge in [-0.05, 0) is 34.5 Å². The summed E-state index contributed by atoms with van der Waals surface area (Å²) in [5, 5.41) is 3.31. The number of guanidine groups is 1. The Morgan fingerprint density at radius 1 is 1.26 bits per heavy atom. The number of ether oxygens (including phenoxy) is 2. The summed E-state index contributed by atoms with van der Waals surface area (Å²) in [6.45, 7) is 6.52. The van der Waals surface area contributed by atoms with Crippen LogP contribution >= 0.6 is 27.3 Å². The summed E-state index contributed by atoms with van der Waals surface area (Å²) < 4.78 is 12.1. The molecule has 0 saturated carbocycles. The molecule has 0 unspecified atom stereocenters. The molecule has 1 heterocycles. The Labute approximate surface area is 152 Å². The predicted octanol–water partition coefficient (Wildman–Crippen LogP) is 3.35. The molecule has 0 amide bonds. The van der Waals surface area contributed by atoms with Gasteiger partial charge in [0.2, 0.25) is 0 Å². The van der Waals surface area contributed by atoms with Crippen LogP contribution in [-0.4, -0.2) is 57.9 Å². The summed E-state index contributed by atoms with van der Waals surface area (Å²) in [5.41, 5.74) is 0. The van der Waals surface area contributed by atoms with Gasteiger partial charge in [-0.3, -0.25) is 4.99 Å². The number of unbranched alkanes of at least 4 members (excludes halogenated alkanes) is 1. The maximum atomic E-state index is 5.54. The maximum absolute atomic E-state index is 5.54. The molecule has 0 fully saturated rings. The minimum atomic E-state index is 0.642. The molecule has 1 aromatic rings. The van der Waals surface area contributed by atoms with Crippen LogP contribution in [-0.2, 0) is 16.0 Å². The van der Waals surface area contributed by atoms with Crippen LogP contribution < -0.4 is 5.32 Å². The van der Waals surface area contributed by atoms with Gasteiger partial charge in [0, 0.05) is 32.1 Å². The van der Waals surface area contributed by atoms with E-state index in [0.717, 1.165) is 35.9 Å². The van der Waals surface area contributed by atoms with Crippen LogP contribution in [0.5, 0.6) is 0 Å². The summed E-state index contributed by atoms with van der Waals surface area (Å²) in [4.78, 5) is 7.70. The first-order valence-electron chi connectivity index (χ1n) is 7.98. The highest BCUT2D eigenvalue weighted by molar-refractivity contribution is 9.11. The van der Waals surface area contributed by atoms with Gasteiger partial charge in [-0.25, -0.2) is 0 Å². The topological polar surface area (TPSA) is 46.1 Å². The lowest BCUT2D eigenvalue weighted by molar-refractivity contribution is 0.0486. The molecule has 0 saturated heterocycles. The number of rotatable bonds is 11. The molecule has 0 aliphatic carbocycles. The quantitative estimate of drug-likeness (QED) is 0.348. The van der Waals surface area contributed by atoms with Gasteiger partial charge in [0.05, 0.1) is 30.2 Å². The molecule has 0 aliphatic rings. The molecule has 132 valence electrons. The summed E-state index contributed by atoms with van der Waals surface area (Å²) in [6, 6.07) is 4.20. The van der Waals surface area contributed by atoms with Gasteiger partial charge in [0.25, 0.3) is 0 Å². The first-order valence-corrected chi connectivity index (χ1v) is 9.59. The van der Waals surface area contributed by atoms with Crippen LogP contribution in [0.2, 0.25) is 0 Å². The van der Waals surface area contributed by atoms with Crippen LogP contribution in [0, 0.1) is 0 Å². The molecule has 1 aromatic heterocycles. The van der Waals surface area contributed by atoms with E-state index < -0.39 is 0 Å². The van der Waals surface area contributed by atoms with Crippen molar-refractivity contribution in [3.8, 4) is 0 Å². The Balaban J connectivity index is 2.11. The average molecular weight is 406 g/mol. The Bertz CT molecular complexity index is 454. The Morgan fingerprint density at radius 2 is 2.00 bits per heavy atom. The molecule has 7 heteroatoms. The van der Waals surface area contributed by atoms with Gasteiger partial charge in [-0.2, -0.15) is 0 Å². The van der Waals surface area contributed by atoms with Crippen molar-refractivity contribution in [1.82, 2.24) is 10.2 Å². The van der Waals surface area contributed by atoms with Crippen LogP contribution in [0.15, 0.2) is 20.9 Å². The van der Waals surface area contributed by atoms with Crippen molar-refractivity contribution >= 4 is 33.2 Å². The summed E-state index contributed by atoms with van der Waals surface area (Å²) in [6.07, 6.45) is 2.28. The van der Waals surface area contributed by atoms with E-state index in [0.29, 0.717) is 19.8 Å². The minimum absolute atomic E-state index is 0.642. The lowest BCUT2D eigenvalue weighted by Gasteiger charge is -2.21. The highest BCUT2D eigenvalue weighted by Crippen LogP contribution is 2.22. The fourth-order valence-corrected chi connectivity index (χ4v) is 3.47. The molecular formula is C16H28BrN3O2S. The SMILES string of the molecule is CCCCOCCOCCNC(=NC)N(C)Cc1ccc(Br)s1. The summed E-state index contributed by atoms with van der Waals surface area (Å²) >= 11 is 5.23. The van der Waals surface area contributed by atoms with Crippen LogP contribution in [0.25, 0.3) is 0 Å². The van der Waals surface area contributed by atoms with E-state index in [1.165, 1.54) is 11.3 Å². The highest BCUT2D eigenvalue weighted by atomic mass is 79.9. The van der Waals surface area contributed by atoms with Crippen molar-refractivity contribution in [3.63, 3.8) is 0 Å². The predicted molar refractivity (Wildman–Crippen MR) is 101 cm³/mol. The van der Waals surface area contributed by atoms with Crippen molar-refractivity contribution in [1.29, 1.82) is 0 Å². The lowest BCUT2D eigenvalue weighted by atomic mass is 10.4. The number of nitrogens with one attached hydrogen (secondary N) is 1. The molecule has 0 radical (unpaired) electrons. The first-order chi connectivity index (χ1) is 11.2. The fourth-order valence-electron chi connectivity index (χ4n) is 1.93. The molecule has 23 heavy (non-hydrogen) atoms. The second kappa shape index (κ2) is 12.8. The van der Waals surface area contributed by atoms with E-state index in [2.05, 4.69) is 50.2 Å². The third-order valence-corrected chi connectivity index (χ3v) is 4.75. The number of halogens is 1. The normalized spacial score (nSPS) is 11.7. The van der Waals surface area contributed by atoms with Crippen molar-refractivity contribution < 1.29 is 9.47 Å². The van der Waals surface area contributed by atoms with Crippen molar-refractivity contribution in [3.05, 3.63) is 20.8 Å². The zero-order valence-electron chi connectivity index (χ0n) is 14.3. The lowest BCUT2D eigenvalue weighted by Crippen LogP contribution is -2.39. The number of thiophene rings is 1. The van der Waals surface area contributed by atoms with E-state index in [4.69, 9.17) is 9.47 Å². The zero-order chi connectivity index (χ0) is 16.9. The smallest absolute Gasteiger partial charge is 0.193 e. The van der Waals surface area contributed by atoms with E-state index in [1.54, 1.807) is 18.4 Å². The third-order valence-electron chi connectivity index (χ3n) is 3.14. The first kappa shape index (κ1) is 20.4. The largest absolute Gasteiger partial charge is 0.379 e. The molecule has 0 atom stereocenters. The van der Waals surface area contributed by atoms with Crippen LogP contribution in [0.3, 0.4) is 0 Å². The maximum Gasteiger partial charge on any atom is 0.193 e. The van der Waals surface area contributed by atoms with Gasteiger partial charge in [0.1, 0.15) is 0 Å². The second-order valence-corrected chi connectivity index (χ2v) is 7.66. The van der Waals surface area contributed by atoms with Crippen molar-refractivity contribution in [2.75, 3.05) is 47.1 Å². The van der Waals surface area contributed by atoms with Gasteiger partial charge >= 0.3 is 0 Å². The molecule has 5 nitrogen and oxygen atoms in total. The van der Waals surface area contributed by atoms with Crippen molar-refractivity contribution in [2.45, 2.75) is 26.3 Å². The molecule has 0 spiro atoms. The van der Waals surface area contributed by atoms with E-state index in [-0.39, 0.29) is 0 Å². The van der Waals surface area contributed by atoms with Crippen LogP contribution in [0.1, 0.15) is 24.6 Å². The molecule has 0 bridgehead atoms. The molecule has 0 aromatic carbocycles.